The van der Waals surface area contributed by atoms with Crippen LogP contribution in [0.25, 0.3) is 0 Å². The lowest BCUT2D eigenvalue weighted by atomic mass is 10.0. The summed E-state index contributed by atoms with van der Waals surface area (Å²) in [6.45, 7) is -0.0687. The first-order valence-electron chi connectivity index (χ1n) is 4.43. The first-order valence-corrected chi connectivity index (χ1v) is 5.66. The Morgan fingerprint density at radius 3 is 2.50 bits per heavy atom. The van der Waals surface area contributed by atoms with Crippen LogP contribution >= 0.6 is 11.8 Å². The molecule has 0 radical (unpaired) electrons. The van der Waals surface area contributed by atoms with E-state index in [0.717, 1.165) is 5.56 Å². The summed E-state index contributed by atoms with van der Waals surface area (Å²) in [6, 6.07) is 10.2. The van der Waals surface area contributed by atoms with Crippen molar-refractivity contribution in [2.75, 3.05) is 12.9 Å². The molecule has 2 nitrogen and oxygen atoms in total. The number of nitriles is 1. The van der Waals surface area contributed by atoms with Gasteiger partial charge in [0.25, 0.3) is 0 Å². The molecule has 0 aromatic heterocycles. The summed E-state index contributed by atoms with van der Waals surface area (Å²) in [4.78, 5) is 1.21. The lowest BCUT2D eigenvalue weighted by molar-refractivity contribution is 0.255. The number of nitrogens with zero attached hydrogens (tertiary/aromatic N) is 1. The molecule has 1 N–H and O–H groups in total. The van der Waals surface area contributed by atoms with Crippen molar-refractivity contribution < 1.29 is 5.11 Å². The number of thioether (sulfide) groups is 1. The smallest absolute Gasteiger partial charge is 0.0734 e. The van der Waals surface area contributed by atoms with Crippen LogP contribution in [0.2, 0.25) is 0 Å². The van der Waals surface area contributed by atoms with Crippen molar-refractivity contribution in [2.45, 2.75) is 11.3 Å². The van der Waals surface area contributed by atoms with Gasteiger partial charge < -0.3 is 5.11 Å². The molecular formula is C11H13NOS. The summed E-state index contributed by atoms with van der Waals surface area (Å²) >= 11 is 1.69. The van der Waals surface area contributed by atoms with Gasteiger partial charge in [0.1, 0.15) is 0 Å². The zero-order valence-electron chi connectivity index (χ0n) is 8.10. The maximum absolute atomic E-state index is 8.86. The van der Waals surface area contributed by atoms with Crippen molar-refractivity contribution in [3.8, 4) is 6.07 Å². The third-order valence-electron chi connectivity index (χ3n) is 2.04. The molecule has 3 heteroatoms. The molecule has 0 saturated heterocycles. The second-order valence-corrected chi connectivity index (χ2v) is 3.94. The van der Waals surface area contributed by atoms with Gasteiger partial charge in [-0.25, -0.2) is 0 Å². The molecular weight excluding hydrogens is 194 g/mol. The predicted molar refractivity (Wildman–Crippen MR) is 58.1 cm³/mol. The highest BCUT2D eigenvalue weighted by Crippen LogP contribution is 2.16. The van der Waals surface area contributed by atoms with E-state index in [4.69, 9.17) is 10.4 Å². The third kappa shape index (κ3) is 3.06. The number of aliphatic hydroxyl groups excluding tert-OH is 1. The van der Waals surface area contributed by atoms with Crippen LogP contribution < -0.4 is 0 Å². The van der Waals surface area contributed by atoms with Crippen molar-refractivity contribution >= 4 is 11.8 Å². The number of aliphatic hydroxyl groups is 1. The minimum atomic E-state index is -0.282. The number of benzene rings is 1. The molecule has 1 aromatic rings. The number of hydrogen-bond acceptors (Lipinski definition) is 3. The van der Waals surface area contributed by atoms with Crippen LogP contribution in [0, 0.1) is 17.2 Å². The Hall–Kier alpha value is -0.980. The topological polar surface area (TPSA) is 44.0 Å². The fourth-order valence-electron chi connectivity index (χ4n) is 1.20. The maximum atomic E-state index is 8.86. The number of rotatable bonds is 4. The number of hydrogen-bond donors (Lipinski definition) is 1. The minimum absolute atomic E-state index is 0.0687. The van der Waals surface area contributed by atoms with Crippen LogP contribution in [-0.2, 0) is 6.42 Å². The Bertz CT molecular complexity index is 315. The van der Waals surface area contributed by atoms with E-state index in [2.05, 4.69) is 6.07 Å². The first-order chi connectivity index (χ1) is 6.80. The van der Waals surface area contributed by atoms with Gasteiger partial charge in [0.2, 0.25) is 0 Å². The zero-order valence-corrected chi connectivity index (χ0v) is 8.92. The van der Waals surface area contributed by atoms with E-state index < -0.39 is 0 Å². The highest BCUT2D eigenvalue weighted by Gasteiger charge is 2.06. The Morgan fingerprint density at radius 2 is 2.07 bits per heavy atom. The largest absolute Gasteiger partial charge is 0.395 e. The van der Waals surface area contributed by atoms with Crippen LogP contribution in [0.5, 0.6) is 0 Å². The standard InChI is InChI=1S/C11H13NOS/c1-14-11-4-2-9(3-5-11)6-10(7-12)8-13/h2-5,10,13H,6,8H2,1H3. The SMILES string of the molecule is CSc1ccc(CC(C#N)CO)cc1. The van der Waals surface area contributed by atoms with Gasteiger partial charge in [-0.2, -0.15) is 5.26 Å². The van der Waals surface area contributed by atoms with Crippen LogP contribution in [-0.4, -0.2) is 18.0 Å². The van der Waals surface area contributed by atoms with Crippen molar-refractivity contribution in [1.82, 2.24) is 0 Å². The molecule has 0 saturated carbocycles. The highest BCUT2D eigenvalue weighted by atomic mass is 32.2. The van der Waals surface area contributed by atoms with E-state index in [0.29, 0.717) is 6.42 Å². The van der Waals surface area contributed by atoms with Gasteiger partial charge in [-0.1, -0.05) is 12.1 Å². The van der Waals surface area contributed by atoms with Gasteiger partial charge in [-0.05, 0) is 30.4 Å². The summed E-state index contributed by atoms with van der Waals surface area (Å²) in [5, 5.41) is 17.5. The van der Waals surface area contributed by atoms with Gasteiger partial charge in [0.05, 0.1) is 18.6 Å². The van der Waals surface area contributed by atoms with Crippen LogP contribution in [0.4, 0.5) is 0 Å². The van der Waals surface area contributed by atoms with Crippen LogP contribution in [0.1, 0.15) is 5.56 Å². The molecule has 1 unspecified atom stereocenters. The maximum Gasteiger partial charge on any atom is 0.0734 e. The lowest BCUT2D eigenvalue weighted by Crippen LogP contribution is -2.06. The molecule has 0 aliphatic heterocycles. The van der Waals surface area contributed by atoms with E-state index in [9.17, 15) is 0 Å². The molecule has 1 rings (SSSR count). The second-order valence-electron chi connectivity index (χ2n) is 3.06. The summed E-state index contributed by atoms with van der Waals surface area (Å²) < 4.78 is 0. The lowest BCUT2D eigenvalue weighted by Gasteiger charge is -2.05. The average molecular weight is 207 g/mol. The van der Waals surface area contributed by atoms with Crippen molar-refractivity contribution in [3.05, 3.63) is 29.8 Å². The molecule has 1 atom stereocenters. The fraction of sp³-hybridized carbons (Fsp3) is 0.364. The van der Waals surface area contributed by atoms with Gasteiger partial charge >= 0.3 is 0 Å². The van der Waals surface area contributed by atoms with E-state index in [1.807, 2.05) is 30.5 Å². The third-order valence-corrected chi connectivity index (χ3v) is 2.79. The predicted octanol–water partition coefficient (Wildman–Crippen LogP) is 2.08. The summed E-state index contributed by atoms with van der Waals surface area (Å²) in [6.07, 6.45) is 2.66. The van der Waals surface area contributed by atoms with E-state index >= 15 is 0 Å². The van der Waals surface area contributed by atoms with Gasteiger partial charge in [-0.15, -0.1) is 11.8 Å². The van der Waals surface area contributed by atoms with Gasteiger partial charge in [0.15, 0.2) is 0 Å². The zero-order chi connectivity index (χ0) is 10.4. The van der Waals surface area contributed by atoms with Crippen molar-refractivity contribution in [2.24, 2.45) is 5.92 Å². The van der Waals surface area contributed by atoms with Crippen molar-refractivity contribution in [3.63, 3.8) is 0 Å². The molecule has 0 amide bonds. The average Bonchev–Trinajstić information content (AvgIpc) is 2.26. The Kier molecular flexibility index (Phi) is 4.51. The van der Waals surface area contributed by atoms with Gasteiger partial charge in [-0.3, -0.25) is 0 Å². The molecule has 0 aliphatic carbocycles. The van der Waals surface area contributed by atoms with E-state index in [1.165, 1.54) is 4.90 Å². The minimum Gasteiger partial charge on any atom is -0.395 e. The highest BCUT2D eigenvalue weighted by molar-refractivity contribution is 7.98. The Labute approximate surface area is 88.6 Å². The van der Waals surface area contributed by atoms with Crippen molar-refractivity contribution in [1.29, 1.82) is 5.26 Å². The molecule has 0 fully saturated rings. The van der Waals surface area contributed by atoms with Crippen LogP contribution in [0.15, 0.2) is 29.2 Å². The molecule has 0 aliphatic rings. The molecule has 14 heavy (non-hydrogen) atoms. The molecule has 0 spiro atoms. The molecule has 0 bridgehead atoms. The van der Waals surface area contributed by atoms with E-state index in [1.54, 1.807) is 11.8 Å². The molecule has 1 aromatic carbocycles. The monoisotopic (exact) mass is 207 g/mol. The molecule has 0 heterocycles. The van der Waals surface area contributed by atoms with E-state index in [-0.39, 0.29) is 12.5 Å². The summed E-state index contributed by atoms with van der Waals surface area (Å²) in [5.41, 5.74) is 1.10. The normalized spacial score (nSPS) is 12.1. The summed E-state index contributed by atoms with van der Waals surface area (Å²) in [7, 11) is 0. The summed E-state index contributed by atoms with van der Waals surface area (Å²) in [5.74, 6) is -0.282. The first kappa shape index (κ1) is 11.1. The van der Waals surface area contributed by atoms with Gasteiger partial charge in [0, 0.05) is 4.90 Å². The fourth-order valence-corrected chi connectivity index (χ4v) is 1.61. The van der Waals surface area contributed by atoms with Crippen LogP contribution in [0.3, 0.4) is 0 Å². The quantitative estimate of drug-likeness (QED) is 0.769. The molecule has 74 valence electrons. The second kappa shape index (κ2) is 5.69. The Balaban J connectivity index is 2.64. The Morgan fingerprint density at radius 1 is 1.43 bits per heavy atom.